The minimum atomic E-state index is -0.284. The van der Waals surface area contributed by atoms with Crippen molar-refractivity contribution in [3.05, 3.63) is 86.3 Å². The SMILES string of the molecule is Cc1nn(Cc2cccc(F)c2)c(C)c1NC(=O)c1cc(Cn2cc(Cl)cn2)cs1. The predicted molar refractivity (Wildman–Crippen MR) is 116 cm³/mol. The third-order valence-corrected chi connectivity index (χ3v) is 5.84. The number of thiophene rings is 1. The van der Waals surface area contributed by atoms with Gasteiger partial charge in [-0.3, -0.25) is 14.2 Å². The van der Waals surface area contributed by atoms with E-state index in [9.17, 15) is 9.18 Å². The van der Waals surface area contributed by atoms with Crippen LogP contribution in [-0.2, 0) is 13.1 Å². The van der Waals surface area contributed by atoms with Crippen LogP contribution >= 0.6 is 22.9 Å². The zero-order valence-corrected chi connectivity index (χ0v) is 18.0. The van der Waals surface area contributed by atoms with E-state index in [-0.39, 0.29) is 11.7 Å². The highest BCUT2D eigenvalue weighted by Crippen LogP contribution is 2.23. The molecule has 6 nitrogen and oxygen atoms in total. The van der Waals surface area contributed by atoms with Crippen LogP contribution in [0.5, 0.6) is 0 Å². The maximum Gasteiger partial charge on any atom is 0.265 e. The van der Waals surface area contributed by atoms with E-state index in [1.165, 1.54) is 23.5 Å². The van der Waals surface area contributed by atoms with Crippen LogP contribution in [0.3, 0.4) is 0 Å². The summed E-state index contributed by atoms with van der Waals surface area (Å²) in [5.74, 6) is -0.477. The Hall–Kier alpha value is -2.97. The molecule has 0 saturated carbocycles. The van der Waals surface area contributed by atoms with Gasteiger partial charge in [0.2, 0.25) is 0 Å². The van der Waals surface area contributed by atoms with Crippen molar-refractivity contribution in [1.29, 1.82) is 0 Å². The molecule has 4 rings (SSSR count). The van der Waals surface area contributed by atoms with Crippen LogP contribution in [0.2, 0.25) is 5.02 Å². The van der Waals surface area contributed by atoms with Crippen molar-refractivity contribution >= 4 is 34.5 Å². The largest absolute Gasteiger partial charge is 0.318 e. The van der Waals surface area contributed by atoms with Gasteiger partial charge >= 0.3 is 0 Å². The van der Waals surface area contributed by atoms with Gasteiger partial charge in [-0.15, -0.1) is 11.3 Å². The van der Waals surface area contributed by atoms with Crippen molar-refractivity contribution in [1.82, 2.24) is 19.6 Å². The van der Waals surface area contributed by atoms with Gasteiger partial charge in [-0.05, 0) is 48.6 Å². The monoisotopic (exact) mass is 443 g/mol. The molecule has 154 valence electrons. The Morgan fingerprint density at radius 2 is 2.07 bits per heavy atom. The lowest BCUT2D eigenvalue weighted by Gasteiger charge is -2.07. The highest BCUT2D eigenvalue weighted by molar-refractivity contribution is 7.12. The number of hydrogen-bond acceptors (Lipinski definition) is 4. The molecule has 0 fully saturated rings. The number of rotatable bonds is 6. The molecule has 0 radical (unpaired) electrons. The first kappa shape index (κ1) is 20.3. The lowest BCUT2D eigenvalue weighted by atomic mass is 10.2. The van der Waals surface area contributed by atoms with Gasteiger partial charge in [0.1, 0.15) is 5.82 Å². The molecule has 0 aliphatic carbocycles. The lowest BCUT2D eigenvalue weighted by molar-refractivity contribution is 0.103. The number of nitrogens with one attached hydrogen (secondary N) is 1. The standard InChI is InChI=1S/C21H19ClFN5OS/c1-13-20(14(2)28(26-13)10-15-4-3-5-18(23)6-15)25-21(29)19-7-16(12-30-19)9-27-11-17(22)8-24-27/h3-8,11-12H,9-10H2,1-2H3,(H,25,29). The Balaban J connectivity index is 1.47. The first-order chi connectivity index (χ1) is 14.4. The van der Waals surface area contributed by atoms with Gasteiger partial charge in [-0.1, -0.05) is 23.7 Å². The molecule has 1 aromatic carbocycles. The van der Waals surface area contributed by atoms with Crippen LogP contribution < -0.4 is 5.32 Å². The van der Waals surface area contributed by atoms with E-state index in [1.807, 2.05) is 31.4 Å². The average Bonchev–Trinajstić information content (AvgIpc) is 3.39. The molecule has 0 spiro atoms. The maximum absolute atomic E-state index is 13.5. The number of benzene rings is 1. The zero-order chi connectivity index (χ0) is 21.3. The van der Waals surface area contributed by atoms with Gasteiger partial charge in [-0.25, -0.2) is 4.39 Å². The van der Waals surface area contributed by atoms with Gasteiger partial charge in [0.05, 0.1) is 46.3 Å². The first-order valence-corrected chi connectivity index (χ1v) is 10.5. The summed E-state index contributed by atoms with van der Waals surface area (Å²) in [4.78, 5) is 13.4. The summed E-state index contributed by atoms with van der Waals surface area (Å²) in [5.41, 5.74) is 3.97. The maximum atomic E-state index is 13.5. The Morgan fingerprint density at radius 3 is 2.80 bits per heavy atom. The van der Waals surface area contributed by atoms with Crippen molar-refractivity contribution in [2.24, 2.45) is 0 Å². The zero-order valence-electron chi connectivity index (χ0n) is 16.4. The van der Waals surface area contributed by atoms with Gasteiger partial charge in [0.15, 0.2) is 0 Å². The number of carbonyl (C=O) groups excluding carboxylic acids is 1. The molecule has 3 heterocycles. The normalized spacial score (nSPS) is 11.1. The summed E-state index contributed by atoms with van der Waals surface area (Å²) in [5, 5.41) is 14.1. The summed E-state index contributed by atoms with van der Waals surface area (Å²) >= 11 is 7.26. The third-order valence-electron chi connectivity index (χ3n) is 4.67. The number of aryl methyl sites for hydroxylation is 1. The molecule has 0 saturated heterocycles. The van der Waals surface area contributed by atoms with Gasteiger partial charge in [0.25, 0.3) is 5.91 Å². The topological polar surface area (TPSA) is 64.7 Å². The number of halogens is 2. The fourth-order valence-electron chi connectivity index (χ4n) is 3.20. The average molecular weight is 444 g/mol. The number of carbonyl (C=O) groups is 1. The van der Waals surface area contributed by atoms with E-state index < -0.39 is 0 Å². The second kappa shape index (κ2) is 8.41. The number of anilines is 1. The number of aromatic nitrogens is 4. The molecule has 1 N–H and O–H groups in total. The van der Waals surface area contributed by atoms with Crippen molar-refractivity contribution in [2.75, 3.05) is 5.32 Å². The van der Waals surface area contributed by atoms with Crippen molar-refractivity contribution < 1.29 is 9.18 Å². The minimum absolute atomic E-state index is 0.193. The molecule has 30 heavy (non-hydrogen) atoms. The molecule has 3 aromatic heterocycles. The molecular weight excluding hydrogens is 425 g/mol. The van der Waals surface area contributed by atoms with Crippen LogP contribution in [0.1, 0.15) is 32.2 Å². The second-order valence-electron chi connectivity index (χ2n) is 6.96. The summed E-state index contributed by atoms with van der Waals surface area (Å²) < 4.78 is 16.9. The first-order valence-electron chi connectivity index (χ1n) is 9.24. The van der Waals surface area contributed by atoms with E-state index in [2.05, 4.69) is 15.5 Å². The molecule has 9 heteroatoms. The van der Waals surface area contributed by atoms with Gasteiger partial charge in [-0.2, -0.15) is 10.2 Å². The van der Waals surface area contributed by atoms with Crippen LogP contribution in [0, 0.1) is 19.7 Å². The highest BCUT2D eigenvalue weighted by atomic mass is 35.5. The van der Waals surface area contributed by atoms with E-state index in [1.54, 1.807) is 27.8 Å². The van der Waals surface area contributed by atoms with Crippen LogP contribution in [-0.4, -0.2) is 25.5 Å². The summed E-state index contributed by atoms with van der Waals surface area (Å²) in [6.45, 7) is 4.69. The quantitative estimate of drug-likeness (QED) is 0.461. The fourth-order valence-corrected chi connectivity index (χ4v) is 4.16. The molecule has 0 atom stereocenters. The molecule has 4 aromatic rings. The number of amides is 1. The molecule has 0 bridgehead atoms. The Kier molecular flexibility index (Phi) is 5.69. The van der Waals surface area contributed by atoms with Gasteiger partial charge < -0.3 is 5.32 Å². The lowest BCUT2D eigenvalue weighted by Crippen LogP contribution is -2.12. The molecule has 0 unspecified atom stereocenters. The summed E-state index contributed by atoms with van der Waals surface area (Å²) in [7, 11) is 0. The van der Waals surface area contributed by atoms with Gasteiger partial charge in [0, 0.05) is 6.20 Å². The van der Waals surface area contributed by atoms with E-state index in [0.29, 0.717) is 34.4 Å². The smallest absolute Gasteiger partial charge is 0.265 e. The Morgan fingerprint density at radius 1 is 1.23 bits per heavy atom. The second-order valence-corrected chi connectivity index (χ2v) is 8.31. The third kappa shape index (κ3) is 4.44. The molecule has 0 aliphatic heterocycles. The summed E-state index contributed by atoms with van der Waals surface area (Å²) in [6.07, 6.45) is 3.31. The molecule has 1 amide bonds. The predicted octanol–water partition coefficient (Wildman–Crippen LogP) is 4.90. The number of nitrogens with zero attached hydrogens (tertiary/aromatic N) is 4. The van der Waals surface area contributed by atoms with E-state index in [0.717, 1.165) is 16.8 Å². The Labute approximate surface area is 181 Å². The van der Waals surface area contributed by atoms with Crippen molar-refractivity contribution in [3.8, 4) is 0 Å². The Bertz CT molecular complexity index is 1210. The summed E-state index contributed by atoms with van der Waals surface area (Å²) in [6, 6.07) is 8.25. The van der Waals surface area contributed by atoms with Crippen molar-refractivity contribution in [2.45, 2.75) is 26.9 Å². The number of hydrogen-bond donors (Lipinski definition) is 1. The van der Waals surface area contributed by atoms with Crippen molar-refractivity contribution in [3.63, 3.8) is 0 Å². The van der Waals surface area contributed by atoms with E-state index in [4.69, 9.17) is 11.6 Å². The molecule has 0 aliphatic rings. The molecular formula is C21H19ClFN5OS. The van der Waals surface area contributed by atoms with E-state index >= 15 is 0 Å². The van der Waals surface area contributed by atoms with Crippen LogP contribution in [0.15, 0.2) is 48.1 Å². The fraction of sp³-hybridized carbons (Fsp3) is 0.190. The van der Waals surface area contributed by atoms with Crippen LogP contribution in [0.4, 0.5) is 10.1 Å². The van der Waals surface area contributed by atoms with Crippen LogP contribution in [0.25, 0.3) is 0 Å². The highest BCUT2D eigenvalue weighted by Gasteiger charge is 2.17. The minimum Gasteiger partial charge on any atom is -0.318 e.